The predicted molar refractivity (Wildman–Crippen MR) is 280 cm³/mol. The Balaban J connectivity index is 4.27. The molecule has 386 valence electrons. The second kappa shape index (κ2) is 51.8. The Labute approximate surface area is 406 Å². The second-order valence-corrected chi connectivity index (χ2v) is 21.0. The van der Waals surface area contributed by atoms with Crippen LogP contribution in [0, 0.1) is 11.8 Å². The zero-order valence-corrected chi connectivity index (χ0v) is 44.6. The van der Waals surface area contributed by atoms with Crippen LogP contribution in [0.2, 0.25) is 0 Å². The van der Waals surface area contributed by atoms with Crippen molar-refractivity contribution in [1.29, 1.82) is 0 Å². The first-order valence-electron chi connectivity index (χ1n) is 29.3. The molecule has 6 heteroatoms. The number of esters is 3. The van der Waals surface area contributed by atoms with Gasteiger partial charge in [-0.3, -0.25) is 14.4 Å². The second-order valence-electron chi connectivity index (χ2n) is 21.0. The van der Waals surface area contributed by atoms with Gasteiger partial charge >= 0.3 is 17.9 Å². The number of ether oxygens (including phenoxy) is 3. The van der Waals surface area contributed by atoms with Gasteiger partial charge in [-0.2, -0.15) is 0 Å². The van der Waals surface area contributed by atoms with Crippen molar-refractivity contribution in [2.45, 2.75) is 336 Å². The Morgan fingerprint density at radius 1 is 0.323 bits per heavy atom. The molecule has 0 spiro atoms. The molecule has 0 saturated carbocycles. The molecule has 0 aliphatic heterocycles. The van der Waals surface area contributed by atoms with E-state index in [-0.39, 0.29) is 31.1 Å². The van der Waals surface area contributed by atoms with Crippen molar-refractivity contribution in [1.82, 2.24) is 0 Å². The van der Waals surface area contributed by atoms with E-state index in [1.54, 1.807) is 0 Å². The largest absolute Gasteiger partial charge is 0.462 e. The third-order valence-corrected chi connectivity index (χ3v) is 13.8. The molecule has 0 aromatic rings. The number of rotatable bonds is 53. The zero-order valence-electron chi connectivity index (χ0n) is 44.6. The molecule has 0 rings (SSSR count). The third-order valence-electron chi connectivity index (χ3n) is 13.8. The van der Waals surface area contributed by atoms with Gasteiger partial charge in [-0.1, -0.05) is 291 Å². The van der Waals surface area contributed by atoms with Crippen LogP contribution >= 0.6 is 0 Å². The highest BCUT2D eigenvalue weighted by atomic mass is 16.6. The lowest BCUT2D eigenvalue weighted by atomic mass is 9.99. The maximum Gasteiger partial charge on any atom is 0.306 e. The fourth-order valence-electron chi connectivity index (χ4n) is 9.02. The number of hydrogen-bond acceptors (Lipinski definition) is 6. The molecule has 65 heavy (non-hydrogen) atoms. The van der Waals surface area contributed by atoms with Crippen LogP contribution in [0.1, 0.15) is 330 Å². The van der Waals surface area contributed by atoms with Gasteiger partial charge in [-0.15, -0.1) is 0 Å². The van der Waals surface area contributed by atoms with Crippen molar-refractivity contribution in [2.24, 2.45) is 11.8 Å². The first-order valence-corrected chi connectivity index (χ1v) is 29.3. The summed E-state index contributed by atoms with van der Waals surface area (Å²) in [5.41, 5.74) is 0. The van der Waals surface area contributed by atoms with E-state index in [9.17, 15) is 14.4 Å². The SMILES string of the molecule is CCCCCCCCCCCCCCCCCCCCCC(=O)OC[C@H](COC(=O)CCCCCCCCCCC(C)CC)OC(=O)CCCCCCCCCCCCCCCC(C)C. The molecule has 1 unspecified atom stereocenters. The highest BCUT2D eigenvalue weighted by Crippen LogP contribution is 2.19. The zero-order chi connectivity index (χ0) is 47.5. The van der Waals surface area contributed by atoms with Gasteiger partial charge in [0.15, 0.2) is 6.10 Å². The molecule has 6 nitrogen and oxygen atoms in total. The summed E-state index contributed by atoms with van der Waals surface area (Å²) in [6.45, 7) is 11.4. The highest BCUT2D eigenvalue weighted by Gasteiger charge is 2.19. The molecule has 0 saturated heterocycles. The fraction of sp³-hybridized carbons (Fsp3) is 0.949. The standard InChI is InChI=1S/C59H114O6/c1-6-8-9-10-11-12-13-14-15-16-17-18-19-22-25-28-34-39-44-49-57(60)63-52-56(53-64-58(61)50-45-40-35-31-30-33-38-43-48-55(5)7-2)65-59(62)51-46-41-36-29-26-23-20-21-24-27-32-37-42-47-54(3)4/h54-56H,6-53H2,1-5H3/t55?,56-/m1/s1. The van der Waals surface area contributed by atoms with E-state index in [4.69, 9.17) is 14.2 Å². The molecule has 0 radical (unpaired) electrons. The molecule has 0 aliphatic rings. The molecular formula is C59H114O6. The first kappa shape index (κ1) is 63.4. The first-order chi connectivity index (χ1) is 31.8. The predicted octanol–water partition coefficient (Wildman–Crippen LogP) is 19.3. The van der Waals surface area contributed by atoms with E-state index >= 15 is 0 Å². The minimum Gasteiger partial charge on any atom is -0.462 e. The minimum absolute atomic E-state index is 0.0630. The quantitative estimate of drug-likeness (QED) is 0.0344. The monoisotopic (exact) mass is 919 g/mol. The van der Waals surface area contributed by atoms with Crippen molar-refractivity contribution < 1.29 is 28.6 Å². The molecule has 0 heterocycles. The highest BCUT2D eigenvalue weighted by molar-refractivity contribution is 5.71. The van der Waals surface area contributed by atoms with Gasteiger partial charge in [0.25, 0.3) is 0 Å². The number of unbranched alkanes of at least 4 members (excludes halogenated alkanes) is 37. The van der Waals surface area contributed by atoms with Crippen molar-refractivity contribution in [3.8, 4) is 0 Å². The molecule has 0 bridgehead atoms. The van der Waals surface area contributed by atoms with Gasteiger partial charge in [0.1, 0.15) is 13.2 Å². The van der Waals surface area contributed by atoms with Gasteiger partial charge in [-0.25, -0.2) is 0 Å². The smallest absolute Gasteiger partial charge is 0.306 e. The molecule has 0 fully saturated rings. The lowest BCUT2D eigenvalue weighted by Gasteiger charge is -2.18. The van der Waals surface area contributed by atoms with Crippen LogP contribution in [-0.2, 0) is 28.6 Å². The molecular weight excluding hydrogens is 805 g/mol. The molecule has 0 aromatic heterocycles. The van der Waals surface area contributed by atoms with E-state index in [0.717, 1.165) is 69.6 Å². The Morgan fingerprint density at radius 2 is 0.585 bits per heavy atom. The van der Waals surface area contributed by atoms with Crippen LogP contribution in [0.15, 0.2) is 0 Å². The van der Waals surface area contributed by atoms with Crippen molar-refractivity contribution in [2.75, 3.05) is 13.2 Å². The Morgan fingerprint density at radius 3 is 0.877 bits per heavy atom. The molecule has 2 atom stereocenters. The lowest BCUT2D eigenvalue weighted by molar-refractivity contribution is -0.167. The Bertz CT molecular complexity index is 995. The van der Waals surface area contributed by atoms with Crippen molar-refractivity contribution in [3.05, 3.63) is 0 Å². The summed E-state index contributed by atoms with van der Waals surface area (Å²) >= 11 is 0. The topological polar surface area (TPSA) is 78.9 Å². The Kier molecular flexibility index (Phi) is 50.5. The van der Waals surface area contributed by atoms with Crippen molar-refractivity contribution >= 4 is 17.9 Å². The number of hydrogen-bond donors (Lipinski definition) is 0. The summed E-state index contributed by atoms with van der Waals surface area (Å²) in [4.78, 5) is 38.1. The van der Waals surface area contributed by atoms with Crippen LogP contribution in [-0.4, -0.2) is 37.2 Å². The molecule has 0 amide bonds. The summed E-state index contributed by atoms with van der Waals surface area (Å²) in [5, 5.41) is 0. The average Bonchev–Trinajstić information content (AvgIpc) is 3.29. The van der Waals surface area contributed by atoms with E-state index in [2.05, 4.69) is 34.6 Å². The molecule has 0 aromatic carbocycles. The van der Waals surface area contributed by atoms with E-state index < -0.39 is 6.10 Å². The normalized spacial score (nSPS) is 12.5. The van der Waals surface area contributed by atoms with Crippen LogP contribution in [0.4, 0.5) is 0 Å². The van der Waals surface area contributed by atoms with E-state index in [1.165, 1.54) is 218 Å². The number of carbonyl (C=O) groups is 3. The minimum atomic E-state index is -0.763. The lowest BCUT2D eigenvalue weighted by Crippen LogP contribution is -2.30. The van der Waals surface area contributed by atoms with Gasteiger partial charge in [-0.05, 0) is 31.1 Å². The van der Waals surface area contributed by atoms with Crippen LogP contribution in [0.3, 0.4) is 0 Å². The maximum absolute atomic E-state index is 12.8. The fourth-order valence-corrected chi connectivity index (χ4v) is 9.02. The van der Waals surface area contributed by atoms with Gasteiger partial charge in [0.05, 0.1) is 0 Å². The van der Waals surface area contributed by atoms with Gasteiger partial charge < -0.3 is 14.2 Å². The van der Waals surface area contributed by atoms with Crippen molar-refractivity contribution in [3.63, 3.8) is 0 Å². The summed E-state index contributed by atoms with van der Waals surface area (Å²) in [5.74, 6) is 0.845. The van der Waals surface area contributed by atoms with Gasteiger partial charge in [0, 0.05) is 19.3 Å². The molecule has 0 N–H and O–H groups in total. The maximum atomic E-state index is 12.8. The van der Waals surface area contributed by atoms with E-state index in [1.807, 2.05) is 0 Å². The average molecular weight is 920 g/mol. The summed E-state index contributed by atoms with van der Waals surface area (Å²) < 4.78 is 16.9. The summed E-state index contributed by atoms with van der Waals surface area (Å²) in [6, 6.07) is 0. The third kappa shape index (κ3) is 51.6. The summed E-state index contributed by atoms with van der Waals surface area (Å²) in [7, 11) is 0. The van der Waals surface area contributed by atoms with Crippen LogP contribution in [0.25, 0.3) is 0 Å². The summed E-state index contributed by atoms with van der Waals surface area (Å²) in [6.07, 6.45) is 55.2. The molecule has 0 aliphatic carbocycles. The van der Waals surface area contributed by atoms with Crippen LogP contribution in [0.5, 0.6) is 0 Å². The number of carbonyl (C=O) groups excluding carboxylic acids is 3. The van der Waals surface area contributed by atoms with Gasteiger partial charge in [0.2, 0.25) is 0 Å². The Hall–Kier alpha value is -1.59. The van der Waals surface area contributed by atoms with Crippen LogP contribution < -0.4 is 0 Å². The van der Waals surface area contributed by atoms with E-state index in [0.29, 0.717) is 19.3 Å².